The number of fused-ring (bicyclic) bond motifs is 1. The molecule has 0 bridgehead atoms. The molecule has 4 heteroatoms. The quantitative estimate of drug-likeness (QED) is 0.852. The Labute approximate surface area is 106 Å². The predicted molar refractivity (Wildman–Crippen MR) is 69.4 cm³/mol. The smallest absolute Gasteiger partial charge is 0.317 e. The van der Waals surface area contributed by atoms with Gasteiger partial charge in [0.2, 0.25) is 0 Å². The number of benzene rings is 1. The molecule has 4 nitrogen and oxygen atoms in total. The topological polar surface area (TPSA) is 53.7 Å². The van der Waals surface area contributed by atoms with Crippen molar-refractivity contribution in [2.45, 2.75) is 19.9 Å². The summed E-state index contributed by atoms with van der Waals surface area (Å²) in [6.07, 6.45) is 0.924. The van der Waals surface area contributed by atoms with Gasteiger partial charge in [0.15, 0.2) is 0 Å². The number of carboxylic acids is 1. The molecule has 2 rings (SSSR count). The Kier molecular flexibility index (Phi) is 3.99. The highest BCUT2D eigenvalue weighted by atomic mass is 16.4. The van der Waals surface area contributed by atoms with E-state index in [1.807, 2.05) is 42.2 Å². The molecule has 0 aliphatic rings. The summed E-state index contributed by atoms with van der Waals surface area (Å²) in [4.78, 5) is 12.6. The molecule has 1 heterocycles. The van der Waals surface area contributed by atoms with Crippen molar-refractivity contribution in [1.82, 2.24) is 4.90 Å². The van der Waals surface area contributed by atoms with Crippen LogP contribution in [0.25, 0.3) is 11.0 Å². The maximum absolute atomic E-state index is 10.8. The van der Waals surface area contributed by atoms with Crippen LogP contribution in [0.5, 0.6) is 0 Å². The lowest BCUT2D eigenvalue weighted by atomic mass is 10.2. The summed E-state index contributed by atoms with van der Waals surface area (Å²) in [5, 5.41) is 9.91. The number of carboxylic acid groups (broad SMARTS) is 1. The molecule has 0 radical (unpaired) electrons. The van der Waals surface area contributed by atoms with E-state index in [2.05, 4.69) is 0 Å². The fourth-order valence-corrected chi connectivity index (χ4v) is 2.06. The Morgan fingerprint density at radius 2 is 2.17 bits per heavy atom. The monoisotopic (exact) mass is 247 g/mol. The summed E-state index contributed by atoms with van der Waals surface area (Å²) in [5.74, 6) is 0.00506. The second kappa shape index (κ2) is 5.69. The van der Waals surface area contributed by atoms with Gasteiger partial charge in [-0.1, -0.05) is 25.1 Å². The number of carbonyl (C=O) groups is 1. The molecule has 0 amide bonds. The maximum Gasteiger partial charge on any atom is 0.317 e. The van der Waals surface area contributed by atoms with E-state index in [4.69, 9.17) is 9.52 Å². The average Bonchev–Trinajstić information content (AvgIpc) is 2.70. The van der Waals surface area contributed by atoms with Gasteiger partial charge in [0.05, 0.1) is 13.1 Å². The fraction of sp³-hybridized carbons (Fsp3) is 0.357. The van der Waals surface area contributed by atoms with Crippen LogP contribution in [0.15, 0.2) is 34.7 Å². The molecule has 0 atom stereocenters. The van der Waals surface area contributed by atoms with E-state index >= 15 is 0 Å². The summed E-state index contributed by atoms with van der Waals surface area (Å²) in [6, 6.07) is 9.77. The molecule has 2 aromatic rings. The van der Waals surface area contributed by atoms with Crippen molar-refractivity contribution in [2.75, 3.05) is 13.1 Å². The van der Waals surface area contributed by atoms with Crippen molar-refractivity contribution in [3.63, 3.8) is 0 Å². The minimum absolute atomic E-state index is 0.0465. The zero-order valence-electron chi connectivity index (χ0n) is 10.4. The van der Waals surface area contributed by atoms with Crippen molar-refractivity contribution < 1.29 is 14.3 Å². The molecule has 0 fully saturated rings. The summed E-state index contributed by atoms with van der Waals surface area (Å²) < 4.78 is 5.69. The van der Waals surface area contributed by atoms with E-state index in [9.17, 15) is 4.79 Å². The first-order valence-electron chi connectivity index (χ1n) is 6.10. The van der Waals surface area contributed by atoms with Crippen LogP contribution in [0.2, 0.25) is 0 Å². The van der Waals surface area contributed by atoms with Crippen LogP contribution in [-0.4, -0.2) is 29.1 Å². The summed E-state index contributed by atoms with van der Waals surface area (Å²) in [7, 11) is 0. The molecule has 0 spiro atoms. The highest BCUT2D eigenvalue weighted by Crippen LogP contribution is 2.19. The van der Waals surface area contributed by atoms with Crippen LogP contribution in [0.3, 0.4) is 0 Å². The lowest BCUT2D eigenvalue weighted by Gasteiger charge is -2.17. The van der Waals surface area contributed by atoms with Gasteiger partial charge in [-0.05, 0) is 25.1 Å². The normalized spacial score (nSPS) is 11.2. The number of para-hydroxylation sites is 1. The van der Waals surface area contributed by atoms with E-state index in [1.54, 1.807) is 0 Å². The Bertz CT molecular complexity index is 500. The van der Waals surface area contributed by atoms with Crippen molar-refractivity contribution >= 4 is 16.9 Å². The van der Waals surface area contributed by atoms with Crippen molar-refractivity contribution in [3.8, 4) is 0 Å². The predicted octanol–water partition coefficient (Wildman–Crippen LogP) is 2.73. The third-order valence-electron chi connectivity index (χ3n) is 2.75. The SMILES string of the molecule is CCCN(CC(=O)O)Cc1cc2ccccc2o1. The Hall–Kier alpha value is -1.81. The molecule has 96 valence electrons. The average molecular weight is 247 g/mol. The largest absolute Gasteiger partial charge is 0.480 e. The van der Waals surface area contributed by atoms with Crippen molar-refractivity contribution in [2.24, 2.45) is 0 Å². The van der Waals surface area contributed by atoms with Crippen LogP contribution in [-0.2, 0) is 11.3 Å². The number of aliphatic carboxylic acids is 1. The maximum atomic E-state index is 10.8. The van der Waals surface area contributed by atoms with E-state index in [-0.39, 0.29) is 6.54 Å². The van der Waals surface area contributed by atoms with E-state index in [0.29, 0.717) is 6.54 Å². The first kappa shape index (κ1) is 12.6. The number of hydrogen-bond donors (Lipinski definition) is 1. The van der Waals surface area contributed by atoms with Gasteiger partial charge < -0.3 is 9.52 Å². The highest BCUT2D eigenvalue weighted by Gasteiger charge is 2.12. The molecular weight excluding hydrogens is 230 g/mol. The van der Waals surface area contributed by atoms with Gasteiger partial charge in [-0.2, -0.15) is 0 Å². The Morgan fingerprint density at radius 3 is 2.83 bits per heavy atom. The fourth-order valence-electron chi connectivity index (χ4n) is 2.06. The van der Waals surface area contributed by atoms with Crippen LogP contribution in [0, 0.1) is 0 Å². The summed E-state index contributed by atoms with van der Waals surface area (Å²) in [6.45, 7) is 3.37. The van der Waals surface area contributed by atoms with Crippen LogP contribution < -0.4 is 0 Å². The van der Waals surface area contributed by atoms with Gasteiger partial charge in [-0.15, -0.1) is 0 Å². The summed E-state index contributed by atoms with van der Waals surface area (Å²) in [5.41, 5.74) is 0.847. The van der Waals surface area contributed by atoms with Crippen LogP contribution in [0.1, 0.15) is 19.1 Å². The second-order valence-corrected chi connectivity index (χ2v) is 4.35. The third kappa shape index (κ3) is 3.11. The molecule has 1 aromatic carbocycles. The Morgan fingerprint density at radius 1 is 1.39 bits per heavy atom. The van der Waals surface area contributed by atoms with Crippen molar-refractivity contribution in [3.05, 3.63) is 36.1 Å². The van der Waals surface area contributed by atoms with Gasteiger partial charge in [0.25, 0.3) is 0 Å². The first-order valence-corrected chi connectivity index (χ1v) is 6.10. The molecule has 18 heavy (non-hydrogen) atoms. The van der Waals surface area contributed by atoms with E-state index < -0.39 is 5.97 Å². The van der Waals surface area contributed by atoms with E-state index in [1.165, 1.54) is 0 Å². The van der Waals surface area contributed by atoms with Gasteiger partial charge in [0, 0.05) is 5.39 Å². The number of nitrogens with zero attached hydrogens (tertiary/aromatic N) is 1. The second-order valence-electron chi connectivity index (χ2n) is 4.35. The van der Waals surface area contributed by atoms with Gasteiger partial charge >= 0.3 is 5.97 Å². The van der Waals surface area contributed by atoms with Crippen LogP contribution >= 0.6 is 0 Å². The number of furan rings is 1. The zero-order chi connectivity index (χ0) is 13.0. The first-order chi connectivity index (χ1) is 8.69. The van der Waals surface area contributed by atoms with Gasteiger partial charge in [0.1, 0.15) is 11.3 Å². The number of rotatable bonds is 6. The molecule has 0 unspecified atom stereocenters. The molecule has 0 aliphatic carbocycles. The Balaban J connectivity index is 2.12. The van der Waals surface area contributed by atoms with Crippen LogP contribution in [0.4, 0.5) is 0 Å². The highest BCUT2D eigenvalue weighted by molar-refractivity contribution is 5.77. The van der Waals surface area contributed by atoms with Gasteiger partial charge in [-0.25, -0.2) is 0 Å². The third-order valence-corrected chi connectivity index (χ3v) is 2.75. The lowest BCUT2D eigenvalue weighted by molar-refractivity contribution is -0.138. The molecular formula is C14H17NO3. The standard InChI is InChI=1S/C14H17NO3/c1-2-7-15(10-14(16)17)9-12-8-11-5-3-4-6-13(11)18-12/h3-6,8H,2,7,9-10H2,1H3,(H,16,17). The zero-order valence-corrected chi connectivity index (χ0v) is 10.4. The molecule has 0 saturated carbocycles. The van der Waals surface area contributed by atoms with Crippen molar-refractivity contribution in [1.29, 1.82) is 0 Å². The van der Waals surface area contributed by atoms with E-state index in [0.717, 1.165) is 29.7 Å². The lowest BCUT2D eigenvalue weighted by Crippen LogP contribution is -2.29. The minimum atomic E-state index is -0.806. The summed E-state index contributed by atoms with van der Waals surface area (Å²) >= 11 is 0. The molecule has 0 aliphatic heterocycles. The molecule has 0 saturated heterocycles. The van der Waals surface area contributed by atoms with Gasteiger partial charge in [-0.3, -0.25) is 9.69 Å². The number of hydrogen-bond acceptors (Lipinski definition) is 3. The molecule has 1 aromatic heterocycles. The molecule has 1 N–H and O–H groups in total. The minimum Gasteiger partial charge on any atom is -0.480 e.